The molecule has 260 valence electrons. The van der Waals surface area contributed by atoms with Crippen molar-refractivity contribution in [1.29, 1.82) is 0 Å². The zero-order valence-corrected chi connectivity index (χ0v) is 26.7. The fraction of sp³-hybridized carbons (Fsp3) is 0.452. The van der Waals surface area contributed by atoms with E-state index in [0.29, 0.717) is 0 Å². The number of alkyl halides is 6. The van der Waals surface area contributed by atoms with Crippen molar-refractivity contribution < 1.29 is 54.7 Å². The van der Waals surface area contributed by atoms with Crippen LogP contribution >= 0.6 is 0 Å². The number of amides is 2. The van der Waals surface area contributed by atoms with E-state index in [1.165, 1.54) is 11.0 Å². The van der Waals surface area contributed by atoms with Crippen LogP contribution in [0.3, 0.4) is 0 Å². The highest BCUT2D eigenvalue weighted by atomic mass is 19.4. The normalized spacial score (nSPS) is 14.8. The number of hydrogen-bond acceptors (Lipinski definition) is 8. The van der Waals surface area contributed by atoms with E-state index < -0.39 is 65.1 Å². The van der Waals surface area contributed by atoms with Crippen molar-refractivity contribution in [3.63, 3.8) is 0 Å². The van der Waals surface area contributed by atoms with Gasteiger partial charge in [0.1, 0.15) is 23.6 Å². The number of alkyl carbamates (subject to hydrolysis) is 1. The van der Waals surface area contributed by atoms with Crippen molar-refractivity contribution in [1.82, 2.24) is 20.4 Å². The predicted octanol–water partition coefficient (Wildman–Crippen LogP) is 7.57. The van der Waals surface area contributed by atoms with Crippen LogP contribution < -0.4 is 10.1 Å². The molecule has 2 amide bonds. The zero-order valence-electron chi connectivity index (χ0n) is 26.7. The monoisotopic (exact) mass is 685 g/mol. The first-order valence-corrected chi connectivity index (χ1v) is 14.5. The fourth-order valence-corrected chi connectivity index (χ4v) is 4.24. The summed E-state index contributed by atoms with van der Waals surface area (Å²) in [4.78, 5) is 34.4. The summed E-state index contributed by atoms with van der Waals surface area (Å²) >= 11 is 0. The number of nitrogens with zero attached hydrogens (tertiary/aromatic N) is 4. The van der Waals surface area contributed by atoms with E-state index in [0.717, 1.165) is 36.4 Å². The highest BCUT2D eigenvalue weighted by Crippen LogP contribution is 2.39. The van der Waals surface area contributed by atoms with Gasteiger partial charge in [0, 0.05) is 18.7 Å². The van der Waals surface area contributed by atoms with Gasteiger partial charge in [-0.3, -0.25) is 5.32 Å². The third-order valence-corrected chi connectivity index (χ3v) is 6.39. The maximum Gasteiger partial charge on any atom is 0.437 e. The van der Waals surface area contributed by atoms with Gasteiger partial charge in [-0.15, -0.1) is 4.99 Å². The number of nitrogens with one attached hydrogen (secondary N) is 1. The minimum Gasteiger partial charge on any atom is -0.488 e. The second-order valence-electron chi connectivity index (χ2n) is 12.8. The topological polar surface area (TPSA) is 128 Å². The van der Waals surface area contributed by atoms with Gasteiger partial charge in [0.2, 0.25) is 17.7 Å². The van der Waals surface area contributed by atoms with Crippen LogP contribution in [-0.4, -0.2) is 57.5 Å². The molecule has 0 spiro atoms. The van der Waals surface area contributed by atoms with Crippen molar-refractivity contribution >= 4 is 18.1 Å². The van der Waals surface area contributed by atoms with Crippen molar-refractivity contribution in [2.45, 2.75) is 77.6 Å². The number of carbonyl (C=O) groups is 2. The smallest absolute Gasteiger partial charge is 0.437 e. The van der Waals surface area contributed by atoms with Gasteiger partial charge in [0.15, 0.2) is 0 Å². The lowest BCUT2D eigenvalue weighted by Crippen LogP contribution is -2.55. The van der Waals surface area contributed by atoms with Crippen LogP contribution in [0.25, 0.3) is 11.4 Å². The van der Waals surface area contributed by atoms with Gasteiger partial charge in [-0.05, 0) is 77.4 Å². The van der Waals surface area contributed by atoms with E-state index >= 15 is 0 Å². The van der Waals surface area contributed by atoms with Gasteiger partial charge in [-0.1, -0.05) is 17.3 Å². The average molecular weight is 686 g/mol. The third-order valence-electron chi connectivity index (χ3n) is 6.39. The van der Waals surface area contributed by atoms with E-state index in [9.17, 15) is 35.9 Å². The van der Waals surface area contributed by atoms with Gasteiger partial charge >= 0.3 is 24.5 Å². The van der Waals surface area contributed by atoms with Gasteiger partial charge in [-0.2, -0.15) is 31.3 Å². The minimum absolute atomic E-state index is 0.0332. The SMILES string of the molecule is CC(C)(C)OC(=O)/N=C(\NC(=O)OC(C)(C)C)N1CC(c2nc(-c3ccc(OCc4ccc(C(F)(F)F)cc4)c(C(F)(F)F)c3)no2)C1. The zero-order chi connectivity index (χ0) is 35.7. The standard InChI is InChI=1S/C31H33F6N5O6/c1-28(2,3)46-26(43)39-25(40-27(44)47-29(4,5)6)42-14-19(15-42)24-38-23(41-48-24)18-9-12-22(21(13-18)31(35,36)37)45-16-17-7-10-20(11-8-17)30(32,33)34/h7-13,19H,14-16H2,1-6H3,(H,39,40,43,44). The molecule has 11 nitrogen and oxygen atoms in total. The summed E-state index contributed by atoms with van der Waals surface area (Å²) in [7, 11) is 0. The van der Waals surface area contributed by atoms with Crippen molar-refractivity contribution in [2.24, 2.45) is 4.99 Å². The molecular weight excluding hydrogens is 652 g/mol. The van der Waals surface area contributed by atoms with Crippen molar-refractivity contribution in [3.8, 4) is 17.1 Å². The largest absolute Gasteiger partial charge is 0.488 e. The van der Waals surface area contributed by atoms with Crippen LogP contribution in [0, 0.1) is 0 Å². The highest BCUT2D eigenvalue weighted by Gasteiger charge is 2.38. The summed E-state index contributed by atoms with van der Waals surface area (Å²) in [5.41, 5.74) is -3.53. The van der Waals surface area contributed by atoms with E-state index in [2.05, 4.69) is 20.4 Å². The molecule has 1 saturated heterocycles. The summed E-state index contributed by atoms with van der Waals surface area (Å²) < 4.78 is 101. The van der Waals surface area contributed by atoms with Crippen LogP contribution in [-0.2, 0) is 28.4 Å². The number of carbonyl (C=O) groups excluding carboxylic acids is 2. The predicted molar refractivity (Wildman–Crippen MR) is 158 cm³/mol. The molecule has 0 bridgehead atoms. The minimum atomic E-state index is -4.85. The molecule has 0 radical (unpaired) electrons. The first kappa shape index (κ1) is 36.0. The number of ether oxygens (including phenoxy) is 3. The molecule has 1 aliphatic rings. The maximum atomic E-state index is 14.0. The van der Waals surface area contributed by atoms with Gasteiger partial charge < -0.3 is 23.6 Å². The van der Waals surface area contributed by atoms with Crippen molar-refractivity contribution in [2.75, 3.05) is 13.1 Å². The van der Waals surface area contributed by atoms with Gasteiger partial charge in [0.25, 0.3) is 0 Å². The molecular formula is C31H33F6N5O6. The molecule has 4 rings (SSSR count). The lowest BCUT2D eigenvalue weighted by atomic mass is 10.0. The Balaban J connectivity index is 1.47. The number of guanidine groups is 1. The summed E-state index contributed by atoms with van der Waals surface area (Å²) in [6, 6.07) is 6.99. The quantitative estimate of drug-likeness (QED) is 0.164. The molecule has 2 heterocycles. The number of aliphatic imine (C=N–C) groups is 1. The van der Waals surface area contributed by atoms with E-state index in [-0.39, 0.29) is 41.9 Å². The third kappa shape index (κ3) is 9.84. The molecule has 1 fully saturated rings. The Morgan fingerprint density at radius 2 is 1.54 bits per heavy atom. The van der Waals surface area contributed by atoms with Crippen LogP contribution in [0.15, 0.2) is 52.0 Å². The Morgan fingerprint density at radius 1 is 0.917 bits per heavy atom. The lowest BCUT2D eigenvalue weighted by Gasteiger charge is -2.39. The molecule has 0 aliphatic carbocycles. The van der Waals surface area contributed by atoms with Crippen LogP contribution in [0.4, 0.5) is 35.9 Å². The van der Waals surface area contributed by atoms with E-state index in [1.807, 2.05) is 0 Å². The summed E-state index contributed by atoms with van der Waals surface area (Å²) in [6.45, 7) is 9.80. The number of hydrogen-bond donors (Lipinski definition) is 1. The number of aromatic nitrogens is 2. The molecule has 0 unspecified atom stereocenters. The van der Waals surface area contributed by atoms with Crippen molar-refractivity contribution in [3.05, 3.63) is 65.0 Å². The van der Waals surface area contributed by atoms with Crippen LogP contribution in [0.2, 0.25) is 0 Å². The number of rotatable bonds is 5. The summed E-state index contributed by atoms with van der Waals surface area (Å²) in [5, 5.41) is 6.25. The molecule has 17 heteroatoms. The highest BCUT2D eigenvalue weighted by molar-refractivity contribution is 5.99. The Morgan fingerprint density at radius 3 is 2.10 bits per heavy atom. The second-order valence-corrected chi connectivity index (χ2v) is 12.8. The Hall–Kier alpha value is -4.83. The summed E-state index contributed by atoms with van der Waals surface area (Å²) in [5.74, 6) is -1.16. The fourth-order valence-electron chi connectivity index (χ4n) is 4.24. The molecule has 48 heavy (non-hydrogen) atoms. The molecule has 3 aromatic rings. The van der Waals surface area contributed by atoms with Crippen LogP contribution in [0.5, 0.6) is 5.75 Å². The molecule has 2 aromatic carbocycles. The average Bonchev–Trinajstić information content (AvgIpc) is 3.37. The van der Waals surface area contributed by atoms with Gasteiger partial charge in [-0.25, -0.2) is 9.59 Å². The molecule has 1 aromatic heterocycles. The first-order valence-electron chi connectivity index (χ1n) is 14.5. The number of halogens is 6. The Bertz CT molecular complexity index is 1650. The molecule has 1 N–H and O–H groups in total. The van der Waals surface area contributed by atoms with E-state index in [4.69, 9.17) is 18.7 Å². The molecule has 0 saturated carbocycles. The Kier molecular flexibility index (Phi) is 10.0. The molecule has 1 aliphatic heterocycles. The lowest BCUT2D eigenvalue weighted by molar-refractivity contribution is -0.139. The maximum absolute atomic E-state index is 14.0. The first-order chi connectivity index (χ1) is 22.1. The van der Waals surface area contributed by atoms with Gasteiger partial charge in [0.05, 0.1) is 17.0 Å². The Labute approximate surface area is 271 Å². The van der Waals surface area contributed by atoms with E-state index in [1.54, 1.807) is 41.5 Å². The summed E-state index contributed by atoms with van der Waals surface area (Å²) in [6.07, 6.45) is -11.2. The number of likely N-dealkylation sites (tertiary alicyclic amines) is 1. The molecule has 0 atom stereocenters. The second kappa shape index (κ2) is 13.4. The van der Waals surface area contributed by atoms with Crippen LogP contribution in [0.1, 0.15) is 70.0 Å². The number of benzene rings is 2.